The smallest absolute Gasteiger partial charge is 0.130 e. The van der Waals surface area contributed by atoms with E-state index in [1.807, 2.05) is 0 Å². The third-order valence-electron chi connectivity index (χ3n) is 0.803. The molecule has 48 valence electrons. The van der Waals surface area contributed by atoms with Crippen LogP contribution >= 0.6 is 23.6 Å². The second kappa shape index (κ2) is 3.06. The van der Waals surface area contributed by atoms with Crippen LogP contribution in [0.5, 0.6) is 0 Å². The quantitative estimate of drug-likeness (QED) is 0.507. The first-order valence-corrected chi connectivity index (χ1v) is 3.41. The number of pyridine rings is 1. The highest BCUT2D eigenvalue weighted by Crippen LogP contribution is 2.15. The summed E-state index contributed by atoms with van der Waals surface area (Å²) >= 11 is 6.15. The molecule has 4 heteroatoms. The monoisotopic (exact) mass is 161 g/mol. The van der Waals surface area contributed by atoms with E-state index in [0.717, 1.165) is 0 Å². The van der Waals surface area contributed by atoms with Crippen LogP contribution in [0, 0.1) is 0 Å². The van der Waals surface area contributed by atoms with Gasteiger partial charge < -0.3 is 4.55 Å². The van der Waals surface area contributed by atoms with Crippen LogP contribution in [0.3, 0.4) is 0 Å². The lowest BCUT2D eigenvalue weighted by Crippen LogP contribution is -1.73. The average molecular weight is 162 g/mol. The largest absolute Gasteiger partial charge is 0.325 e. The molecule has 2 nitrogen and oxygen atoms in total. The van der Waals surface area contributed by atoms with Crippen molar-refractivity contribution < 1.29 is 4.55 Å². The van der Waals surface area contributed by atoms with Crippen molar-refractivity contribution >= 4 is 23.6 Å². The number of rotatable bonds is 1. The molecule has 1 aromatic heterocycles. The third kappa shape index (κ3) is 1.86. The molecule has 0 aromatic carbocycles. The first kappa shape index (κ1) is 6.86. The van der Waals surface area contributed by atoms with E-state index < -0.39 is 0 Å². The van der Waals surface area contributed by atoms with Gasteiger partial charge in [-0.25, -0.2) is 4.98 Å². The fourth-order valence-electron chi connectivity index (χ4n) is 0.441. The molecule has 0 aliphatic rings. The lowest BCUT2D eigenvalue weighted by atomic mass is 10.5. The van der Waals surface area contributed by atoms with Gasteiger partial charge in [0, 0.05) is 23.1 Å². The molecule has 0 spiro atoms. The van der Waals surface area contributed by atoms with Crippen LogP contribution in [-0.2, 0) is 0 Å². The summed E-state index contributed by atoms with van der Waals surface area (Å²) in [5.74, 6) is 0. The van der Waals surface area contributed by atoms with Crippen molar-refractivity contribution in [3.8, 4) is 0 Å². The van der Waals surface area contributed by atoms with Gasteiger partial charge in [-0.15, -0.1) is 0 Å². The topological polar surface area (TPSA) is 33.1 Å². The Morgan fingerprint density at radius 1 is 1.67 bits per heavy atom. The molecule has 1 heterocycles. The maximum Gasteiger partial charge on any atom is 0.130 e. The zero-order valence-electron chi connectivity index (χ0n) is 4.41. The summed E-state index contributed by atoms with van der Waals surface area (Å²) in [6, 6.07) is 3.27. The zero-order chi connectivity index (χ0) is 6.69. The molecule has 0 bridgehead atoms. The maximum absolute atomic E-state index is 8.49. The van der Waals surface area contributed by atoms with Gasteiger partial charge in [0.1, 0.15) is 5.15 Å². The van der Waals surface area contributed by atoms with Crippen LogP contribution in [0.25, 0.3) is 0 Å². The van der Waals surface area contributed by atoms with Crippen molar-refractivity contribution in [1.29, 1.82) is 0 Å². The van der Waals surface area contributed by atoms with Gasteiger partial charge in [0.15, 0.2) is 0 Å². The number of halogens is 1. The van der Waals surface area contributed by atoms with E-state index >= 15 is 0 Å². The van der Waals surface area contributed by atoms with Crippen molar-refractivity contribution in [2.24, 2.45) is 0 Å². The van der Waals surface area contributed by atoms with Crippen LogP contribution in [0.1, 0.15) is 0 Å². The summed E-state index contributed by atoms with van der Waals surface area (Å²) < 4.78 is 8.49. The summed E-state index contributed by atoms with van der Waals surface area (Å²) in [7, 11) is 0. The van der Waals surface area contributed by atoms with Crippen LogP contribution in [0.15, 0.2) is 23.2 Å². The van der Waals surface area contributed by atoms with E-state index in [2.05, 4.69) is 4.98 Å². The number of aromatic nitrogens is 1. The summed E-state index contributed by atoms with van der Waals surface area (Å²) in [5, 5.41) is 0.397. The highest BCUT2D eigenvalue weighted by molar-refractivity contribution is 7.93. The Morgan fingerprint density at radius 2 is 2.44 bits per heavy atom. The molecule has 9 heavy (non-hydrogen) atoms. The van der Waals surface area contributed by atoms with E-state index in [4.69, 9.17) is 16.2 Å². The molecular weight excluding hydrogens is 158 g/mol. The van der Waals surface area contributed by atoms with Crippen molar-refractivity contribution in [3.05, 3.63) is 23.5 Å². The molecule has 0 saturated heterocycles. The van der Waals surface area contributed by atoms with Crippen LogP contribution in [-0.4, -0.2) is 9.54 Å². The van der Waals surface area contributed by atoms with Crippen molar-refractivity contribution in [2.45, 2.75) is 4.90 Å². The molecule has 0 aliphatic heterocycles. The second-order valence-electron chi connectivity index (χ2n) is 1.41. The highest BCUT2D eigenvalue weighted by atomic mass is 35.5. The summed E-state index contributed by atoms with van der Waals surface area (Å²) in [6.07, 6.45) is 1.54. The van der Waals surface area contributed by atoms with Crippen molar-refractivity contribution in [1.82, 2.24) is 4.98 Å². The van der Waals surface area contributed by atoms with Gasteiger partial charge >= 0.3 is 0 Å². The molecule has 1 rings (SSSR count). The Morgan fingerprint density at radius 3 is 2.89 bits per heavy atom. The maximum atomic E-state index is 8.49. The molecule has 0 saturated carbocycles. The number of hydrogen-bond donors (Lipinski definition) is 1. The molecule has 0 amide bonds. The molecule has 0 unspecified atom stereocenters. The minimum atomic E-state index is 0.397. The number of nitrogens with zero attached hydrogens (tertiary/aromatic N) is 1. The Kier molecular flexibility index (Phi) is 2.33. The molecule has 0 fully saturated rings. The van der Waals surface area contributed by atoms with E-state index in [1.54, 1.807) is 18.3 Å². The second-order valence-corrected chi connectivity index (χ2v) is 2.45. The SMILES string of the molecule is OSc1ccnc(Cl)c1. The van der Waals surface area contributed by atoms with Crippen LogP contribution in [0.2, 0.25) is 5.15 Å². The van der Waals surface area contributed by atoms with Crippen LogP contribution < -0.4 is 0 Å². The van der Waals surface area contributed by atoms with Gasteiger partial charge in [0.05, 0.1) is 0 Å². The van der Waals surface area contributed by atoms with Crippen molar-refractivity contribution in [3.63, 3.8) is 0 Å². The Balaban J connectivity index is 2.94. The third-order valence-corrected chi connectivity index (χ3v) is 1.47. The minimum Gasteiger partial charge on any atom is -0.325 e. The normalized spacial score (nSPS) is 9.56. The standard InChI is InChI=1S/C5H4ClNOS/c6-5-3-4(9-8)1-2-7-5/h1-3,8H. The summed E-state index contributed by atoms with van der Waals surface area (Å²) in [4.78, 5) is 4.43. The first-order valence-electron chi connectivity index (χ1n) is 2.26. The Hall–Kier alpha value is -0.250. The van der Waals surface area contributed by atoms with E-state index in [-0.39, 0.29) is 0 Å². The average Bonchev–Trinajstić information content (AvgIpc) is 1.88. The molecule has 0 radical (unpaired) electrons. The van der Waals surface area contributed by atoms with Gasteiger partial charge in [-0.2, -0.15) is 0 Å². The molecule has 1 N–H and O–H groups in total. The lowest BCUT2D eigenvalue weighted by molar-refractivity contribution is 0.663. The molecule has 0 aliphatic carbocycles. The van der Waals surface area contributed by atoms with Crippen molar-refractivity contribution in [2.75, 3.05) is 0 Å². The van der Waals surface area contributed by atoms with E-state index in [1.165, 1.54) is 0 Å². The molecular formula is C5H4ClNOS. The minimum absolute atomic E-state index is 0.397. The van der Waals surface area contributed by atoms with Gasteiger partial charge in [0.25, 0.3) is 0 Å². The van der Waals surface area contributed by atoms with Gasteiger partial charge in [-0.1, -0.05) is 11.6 Å². The fraction of sp³-hybridized carbons (Fsp3) is 0. The summed E-state index contributed by atoms with van der Waals surface area (Å²) in [5.41, 5.74) is 0. The number of hydrogen-bond acceptors (Lipinski definition) is 3. The highest BCUT2D eigenvalue weighted by Gasteiger charge is 1.91. The van der Waals surface area contributed by atoms with Gasteiger partial charge in [0.2, 0.25) is 0 Å². The molecule has 0 atom stereocenters. The predicted octanol–water partition coefficient (Wildman–Crippen LogP) is 2.30. The fourth-order valence-corrected chi connectivity index (χ4v) is 0.966. The Labute approximate surface area is 62.1 Å². The van der Waals surface area contributed by atoms with E-state index in [0.29, 0.717) is 22.1 Å². The zero-order valence-corrected chi connectivity index (χ0v) is 5.99. The lowest BCUT2D eigenvalue weighted by Gasteiger charge is -1.91. The predicted molar refractivity (Wildman–Crippen MR) is 37.7 cm³/mol. The van der Waals surface area contributed by atoms with Gasteiger partial charge in [-0.3, -0.25) is 0 Å². The van der Waals surface area contributed by atoms with E-state index in [9.17, 15) is 0 Å². The summed E-state index contributed by atoms with van der Waals surface area (Å²) in [6.45, 7) is 0. The first-order chi connectivity index (χ1) is 4.33. The van der Waals surface area contributed by atoms with Gasteiger partial charge in [-0.05, 0) is 12.1 Å². The Bertz CT molecular complexity index is 206. The van der Waals surface area contributed by atoms with Crippen LogP contribution in [0.4, 0.5) is 0 Å². The molecule has 1 aromatic rings.